The molecule has 24 heavy (non-hydrogen) atoms. The van der Waals surface area contributed by atoms with Crippen molar-refractivity contribution in [3.05, 3.63) is 65.8 Å². The molecule has 0 saturated heterocycles. The highest BCUT2D eigenvalue weighted by atomic mass is 19.1. The summed E-state index contributed by atoms with van der Waals surface area (Å²) in [6.07, 6.45) is 2.42. The predicted octanol–water partition coefficient (Wildman–Crippen LogP) is 3.62. The molecule has 0 saturated carbocycles. The Morgan fingerprint density at radius 2 is 2.17 bits per heavy atom. The van der Waals surface area contributed by atoms with E-state index in [1.807, 2.05) is 6.92 Å². The average Bonchev–Trinajstić information content (AvgIpc) is 3.22. The number of carbonyl (C=O) groups is 1. The lowest BCUT2D eigenvalue weighted by Crippen LogP contribution is -2.25. The number of hydrogen-bond donors (Lipinski definition) is 1. The standard InChI is InChI=1S/C18H18FN3O2/c1-2-8-22-16(11-15(21-22)17-7-4-9-24-17)18(23)20-12-13-5-3-6-14(19)10-13/h3-7,9-11H,2,8,12H2,1H3,(H,20,23). The summed E-state index contributed by atoms with van der Waals surface area (Å²) < 4.78 is 20.2. The summed E-state index contributed by atoms with van der Waals surface area (Å²) in [5.74, 6) is 0.0416. The van der Waals surface area contributed by atoms with Crippen molar-refractivity contribution in [1.29, 1.82) is 0 Å². The highest BCUT2D eigenvalue weighted by Gasteiger charge is 2.17. The summed E-state index contributed by atoms with van der Waals surface area (Å²) in [5.41, 5.74) is 1.78. The van der Waals surface area contributed by atoms with E-state index in [1.165, 1.54) is 12.1 Å². The first-order chi connectivity index (χ1) is 11.7. The molecule has 0 radical (unpaired) electrons. The van der Waals surface area contributed by atoms with Gasteiger partial charge in [0.25, 0.3) is 5.91 Å². The second-order valence-electron chi connectivity index (χ2n) is 5.43. The van der Waals surface area contributed by atoms with Crippen molar-refractivity contribution < 1.29 is 13.6 Å². The molecule has 3 aromatic rings. The minimum atomic E-state index is -0.321. The van der Waals surface area contributed by atoms with Crippen LogP contribution in [0.2, 0.25) is 0 Å². The van der Waals surface area contributed by atoms with Crippen LogP contribution in [0.5, 0.6) is 0 Å². The minimum absolute atomic E-state index is 0.252. The van der Waals surface area contributed by atoms with Gasteiger partial charge >= 0.3 is 0 Å². The smallest absolute Gasteiger partial charge is 0.269 e. The van der Waals surface area contributed by atoms with Crippen LogP contribution in [0.15, 0.2) is 53.1 Å². The van der Waals surface area contributed by atoms with Crippen LogP contribution in [-0.4, -0.2) is 15.7 Å². The molecule has 2 aromatic heterocycles. The first kappa shape index (κ1) is 16.0. The molecular weight excluding hydrogens is 309 g/mol. The fraction of sp³-hybridized carbons (Fsp3) is 0.222. The molecule has 0 atom stereocenters. The van der Waals surface area contributed by atoms with E-state index in [1.54, 1.807) is 41.3 Å². The molecule has 3 rings (SSSR count). The largest absolute Gasteiger partial charge is 0.463 e. The van der Waals surface area contributed by atoms with Gasteiger partial charge < -0.3 is 9.73 Å². The minimum Gasteiger partial charge on any atom is -0.463 e. The molecule has 0 aliphatic heterocycles. The van der Waals surface area contributed by atoms with Crippen LogP contribution in [0.25, 0.3) is 11.5 Å². The van der Waals surface area contributed by atoms with Gasteiger partial charge in [-0.3, -0.25) is 9.48 Å². The van der Waals surface area contributed by atoms with Gasteiger partial charge in [-0.2, -0.15) is 5.10 Å². The third-order valence-corrected chi connectivity index (χ3v) is 3.56. The number of amides is 1. The van der Waals surface area contributed by atoms with Crippen molar-refractivity contribution in [3.63, 3.8) is 0 Å². The molecule has 1 aromatic carbocycles. The van der Waals surface area contributed by atoms with E-state index in [2.05, 4.69) is 10.4 Å². The quantitative estimate of drug-likeness (QED) is 0.752. The molecule has 0 spiro atoms. The number of aryl methyl sites for hydroxylation is 1. The normalized spacial score (nSPS) is 10.8. The number of halogens is 1. The molecular formula is C18H18FN3O2. The monoisotopic (exact) mass is 327 g/mol. The maximum atomic E-state index is 13.2. The topological polar surface area (TPSA) is 60.1 Å². The van der Waals surface area contributed by atoms with Crippen molar-refractivity contribution >= 4 is 5.91 Å². The van der Waals surface area contributed by atoms with Gasteiger partial charge in [0, 0.05) is 19.2 Å². The van der Waals surface area contributed by atoms with Gasteiger partial charge in [-0.25, -0.2) is 4.39 Å². The zero-order valence-electron chi connectivity index (χ0n) is 13.3. The number of nitrogens with one attached hydrogen (secondary N) is 1. The van der Waals surface area contributed by atoms with E-state index in [4.69, 9.17) is 4.42 Å². The number of hydrogen-bond acceptors (Lipinski definition) is 3. The molecule has 2 heterocycles. The van der Waals surface area contributed by atoms with Crippen LogP contribution in [0, 0.1) is 5.82 Å². The van der Waals surface area contributed by atoms with Gasteiger partial charge in [0.2, 0.25) is 0 Å². The van der Waals surface area contributed by atoms with E-state index in [0.29, 0.717) is 29.3 Å². The number of aromatic nitrogens is 2. The number of carbonyl (C=O) groups excluding carboxylic acids is 1. The first-order valence-corrected chi connectivity index (χ1v) is 7.81. The molecule has 0 fully saturated rings. The molecule has 5 nitrogen and oxygen atoms in total. The first-order valence-electron chi connectivity index (χ1n) is 7.81. The van der Waals surface area contributed by atoms with Crippen molar-refractivity contribution in [3.8, 4) is 11.5 Å². The van der Waals surface area contributed by atoms with Crippen LogP contribution in [-0.2, 0) is 13.1 Å². The van der Waals surface area contributed by atoms with E-state index in [9.17, 15) is 9.18 Å². The predicted molar refractivity (Wildman–Crippen MR) is 87.8 cm³/mol. The summed E-state index contributed by atoms with van der Waals surface area (Å²) in [4.78, 5) is 12.5. The third kappa shape index (κ3) is 3.53. The second kappa shape index (κ2) is 7.12. The second-order valence-corrected chi connectivity index (χ2v) is 5.43. The van der Waals surface area contributed by atoms with Crippen LogP contribution in [0.3, 0.4) is 0 Å². The Morgan fingerprint density at radius 3 is 2.88 bits per heavy atom. The maximum absolute atomic E-state index is 13.2. The number of furan rings is 1. The van der Waals surface area contributed by atoms with E-state index in [0.717, 1.165) is 6.42 Å². The summed E-state index contributed by atoms with van der Waals surface area (Å²) in [7, 11) is 0. The van der Waals surface area contributed by atoms with E-state index in [-0.39, 0.29) is 18.3 Å². The Labute approximate surface area is 139 Å². The van der Waals surface area contributed by atoms with Gasteiger partial charge in [0.05, 0.1) is 6.26 Å². The Bertz CT molecular complexity index is 825. The Hall–Kier alpha value is -2.89. The molecule has 0 aliphatic rings. The molecule has 0 bridgehead atoms. The summed E-state index contributed by atoms with van der Waals surface area (Å²) in [6, 6.07) is 11.4. The average molecular weight is 327 g/mol. The van der Waals surface area contributed by atoms with Crippen LogP contribution in [0.1, 0.15) is 29.4 Å². The third-order valence-electron chi connectivity index (χ3n) is 3.56. The van der Waals surface area contributed by atoms with Crippen molar-refractivity contribution in [2.45, 2.75) is 26.4 Å². The zero-order valence-corrected chi connectivity index (χ0v) is 13.3. The molecule has 1 amide bonds. The van der Waals surface area contributed by atoms with Gasteiger partial charge in [-0.15, -0.1) is 0 Å². The highest BCUT2D eigenvalue weighted by molar-refractivity contribution is 5.93. The summed E-state index contributed by atoms with van der Waals surface area (Å²) in [5, 5.41) is 7.24. The van der Waals surface area contributed by atoms with Crippen LogP contribution in [0.4, 0.5) is 4.39 Å². The van der Waals surface area contributed by atoms with E-state index >= 15 is 0 Å². The van der Waals surface area contributed by atoms with E-state index < -0.39 is 0 Å². The lowest BCUT2D eigenvalue weighted by Gasteiger charge is -2.07. The fourth-order valence-electron chi connectivity index (χ4n) is 2.45. The van der Waals surface area contributed by atoms with Gasteiger partial charge in [-0.05, 0) is 36.2 Å². The van der Waals surface area contributed by atoms with Crippen molar-refractivity contribution in [2.24, 2.45) is 0 Å². The van der Waals surface area contributed by atoms with Gasteiger partial charge in [0.15, 0.2) is 5.76 Å². The number of benzene rings is 1. The number of rotatable bonds is 6. The number of nitrogens with zero attached hydrogens (tertiary/aromatic N) is 2. The van der Waals surface area contributed by atoms with Crippen LogP contribution < -0.4 is 5.32 Å². The van der Waals surface area contributed by atoms with Crippen LogP contribution >= 0.6 is 0 Å². The maximum Gasteiger partial charge on any atom is 0.269 e. The zero-order chi connectivity index (χ0) is 16.9. The molecule has 124 valence electrons. The fourth-order valence-corrected chi connectivity index (χ4v) is 2.45. The molecule has 0 aliphatic carbocycles. The van der Waals surface area contributed by atoms with Crippen molar-refractivity contribution in [2.75, 3.05) is 0 Å². The lowest BCUT2D eigenvalue weighted by molar-refractivity contribution is 0.0940. The highest BCUT2D eigenvalue weighted by Crippen LogP contribution is 2.20. The molecule has 1 N–H and O–H groups in total. The SMILES string of the molecule is CCCn1nc(-c2ccco2)cc1C(=O)NCc1cccc(F)c1. The Kier molecular flexibility index (Phi) is 4.74. The van der Waals surface area contributed by atoms with Gasteiger partial charge in [0.1, 0.15) is 17.2 Å². The summed E-state index contributed by atoms with van der Waals surface area (Å²) >= 11 is 0. The van der Waals surface area contributed by atoms with Crippen molar-refractivity contribution in [1.82, 2.24) is 15.1 Å². The lowest BCUT2D eigenvalue weighted by atomic mass is 10.2. The summed E-state index contributed by atoms with van der Waals surface area (Å²) in [6.45, 7) is 2.90. The molecule has 6 heteroatoms. The Morgan fingerprint density at radius 1 is 1.29 bits per heavy atom. The molecule has 0 unspecified atom stereocenters. The van der Waals surface area contributed by atoms with Gasteiger partial charge in [-0.1, -0.05) is 19.1 Å². The Balaban J connectivity index is 1.78.